The minimum atomic E-state index is -6.22. The van der Waals surface area contributed by atoms with E-state index in [1.165, 1.54) is 48.5 Å². The molecular formula is C28H28F6O3. The zero-order chi connectivity index (χ0) is 27.5. The second kappa shape index (κ2) is 10.6. The number of alkyl halides is 6. The predicted octanol–water partition coefficient (Wildman–Crippen LogP) is 8.12. The quantitative estimate of drug-likeness (QED) is 0.185. The molecule has 0 aliphatic carbocycles. The first-order valence-corrected chi connectivity index (χ1v) is 11.8. The van der Waals surface area contributed by atoms with Crippen molar-refractivity contribution in [2.75, 3.05) is 0 Å². The molecule has 1 atom stereocenters. The summed E-state index contributed by atoms with van der Waals surface area (Å²) in [5.41, 5.74) is -6.44. The summed E-state index contributed by atoms with van der Waals surface area (Å²) in [4.78, 5) is 0. The van der Waals surface area contributed by atoms with Crippen LogP contribution in [0.5, 0.6) is 17.2 Å². The van der Waals surface area contributed by atoms with Crippen molar-refractivity contribution in [2.45, 2.75) is 62.2 Å². The molecule has 0 radical (unpaired) electrons. The number of benzene rings is 3. The molecule has 37 heavy (non-hydrogen) atoms. The van der Waals surface area contributed by atoms with Gasteiger partial charge in [-0.3, -0.25) is 0 Å². The van der Waals surface area contributed by atoms with Gasteiger partial charge in [-0.1, -0.05) is 62.6 Å². The molecule has 0 bridgehead atoms. The number of halogens is 6. The van der Waals surface area contributed by atoms with Crippen molar-refractivity contribution in [1.29, 1.82) is 0 Å². The van der Waals surface area contributed by atoms with E-state index in [1.807, 2.05) is 6.92 Å². The van der Waals surface area contributed by atoms with Crippen molar-refractivity contribution >= 4 is 0 Å². The van der Waals surface area contributed by atoms with Gasteiger partial charge in [0.25, 0.3) is 0 Å². The lowest BCUT2D eigenvalue weighted by atomic mass is 9.63. The standard InChI is InChI=1S/C28H28F6O3/c1-2-3-4-17-25(19-5-11-22(35)12-6-19,20-7-13-23(36)14-8-20)18-26(29,27(30,31)28(32,33)34)21-9-15-24(37)16-10-21/h5-16,35-37H,2-4,17-18H2,1H3. The molecule has 0 saturated carbocycles. The Morgan fingerprint density at radius 2 is 0.946 bits per heavy atom. The lowest BCUT2D eigenvalue weighted by molar-refractivity contribution is -0.334. The van der Waals surface area contributed by atoms with Crippen LogP contribution >= 0.6 is 0 Å². The SMILES string of the molecule is CCCCCC(CC(F)(c1ccc(O)cc1)C(F)(F)C(F)(F)F)(c1ccc(O)cc1)c1ccc(O)cc1. The third-order valence-corrected chi connectivity index (χ3v) is 6.77. The smallest absolute Gasteiger partial charge is 0.457 e. The van der Waals surface area contributed by atoms with Gasteiger partial charge in [-0.25, -0.2) is 4.39 Å². The van der Waals surface area contributed by atoms with Crippen molar-refractivity contribution in [3.63, 3.8) is 0 Å². The van der Waals surface area contributed by atoms with Gasteiger partial charge in [0, 0.05) is 11.8 Å². The van der Waals surface area contributed by atoms with Crippen LogP contribution in [0.15, 0.2) is 72.8 Å². The molecule has 9 heteroatoms. The molecule has 3 aromatic rings. The van der Waals surface area contributed by atoms with Gasteiger partial charge < -0.3 is 15.3 Å². The van der Waals surface area contributed by atoms with E-state index in [4.69, 9.17) is 0 Å². The molecule has 0 saturated heterocycles. The Bertz CT molecular complexity index is 1110. The van der Waals surface area contributed by atoms with Crippen LogP contribution in [0.4, 0.5) is 26.3 Å². The second-order valence-corrected chi connectivity index (χ2v) is 9.23. The van der Waals surface area contributed by atoms with Crippen LogP contribution in [0, 0.1) is 0 Å². The number of unbranched alkanes of at least 4 members (excludes halogenated alkanes) is 2. The Labute approximate surface area is 211 Å². The number of hydrogen-bond donors (Lipinski definition) is 3. The fourth-order valence-corrected chi connectivity index (χ4v) is 4.75. The molecule has 0 aromatic heterocycles. The largest absolute Gasteiger partial charge is 0.508 e. The minimum Gasteiger partial charge on any atom is -0.508 e. The van der Waals surface area contributed by atoms with Crippen molar-refractivity contribution < 1.29 is 41.7 Å². The number of rotatable bonds is 10. The summed E-state index contributed by atoms with van der Waals surface area (Å²) in [7, 11) is 0. The van der Waals surface area contributed by atoms with Gasteiger partial charge in [-0.2, -0.15) is 22.0 Å². The van der Waals surface area contributed by atoms with E-state index in [1.54, 1.807) is 0 Å². The predicted molar refractivity (Wildman–Crippen MR) is 128 cm³/mol. The summed E-state index contributed by atoms with van der Waals surface area (Å²) in [5.74, 6) is -6.56. The molecule has 0 aliphatic heterocycles. The van der Waals surface area contributed by atoms with E-state index in [0.717, 1.165) is 24.3 Å². The van der Waals surface area contributed by atoms with Gasteiger partial charge in [0.1, 0.15) is 17.2 Å². The third kappa shape index (κ3) is 5.50. The van der Waals surface area contributed by atoms with Crippen LogP contribution in [-0.2, 0) is 11.1 Å². The summed E-state index contributed by atoms with van der Waals surface area (Å²) >= 11 is 0. The molecule has 0 heterocycles. The molecule has 0 spiro atoms. The zero-order valence-corrected chi connectivity index (χ0v) is 20.1. The number of phenols is 3. The molecular weight excluding hydrogens is 498 g/mol. The first kappa shape index (κ1) is 28.2. The van der Waals surface area contributed by atoms with E-state index >= 15 is 13.2 Å². The summed E-state index contributed by atoms with van der Waals surface area (Å²) < 4.78 is 88.6. The molecule has 3 aromatic carbocycles. The summed E-state index contributed by atoms with van der Waals surface area (Å²) in [6.45, 7) is 1.89. The van der Waals surface area contributed by atoms with Gasteiger partial charge >= 0.3 is 12.1 Å². The first-order valence-electron chi connectivity index (χ1n) is 11.8. The van der Waals surface area contributed by atoms with E-state index in [0.29, 0.717) is 19.3 Å². The van der Waals surface area contributed by atoms with Crippen LogP contribution < -0.4 is 0 Å². The highest BCUT2D eigenvalue weighted by Crippen LogP contribution is 2.58. The zero-order valence-electron chi connectivity index (χ0n) is 20.1. The summed E-state index contributed by atoms with van der Waals surface area (Å²) in [5, 5.41) is 29.2. The fraction of sp³-hybridized carbons (Fsp3) is 0.357. The maximum Gasteiger partial charge on any atom is 0.457 e. The highest BCUT2D eigenvalue weighted by molar-refractivity contribution is 5.45. The molecule has 0 amide bonds. The molecule has 3 rings (SSSR count). The Hall–Kier alpha value is -3.36. The Balaban J connectivity index is 2.35. The summed E-state index contributed by atoms with van der Waals surface area (Å²) in [6, 6.07) is 13.7. The maximum absolute atomic E-state index is 16.8. The van der Waals surface area contributed by atoms with Gasteiger partial charge in [0.05, 0.1) is 0 Å². The minimum absolute atomic E-state index is 0.00802. The van der Waals surface area contributed by atoms with Crippen molar-refractivity contribution in [3.8, 4) is 17.2 Å². The lowest BCUT2D eigenvalue weighted by Crippen LogP contribution is -2.55. The number of aromatic hydroxyl groups is 3. The van der Waals surface area contributed by atoms with E-state index in [2.05, 4.69) is 0 Å². The van der Waals surface area contributed by atoms with Crippen LogP contribution in [-0.4, -0.2) is 27.4 Å². The van der Waals surface area contributed by atoms with Crippen LogP contribution in [0.1, 0.15) is 55.7 Å². The van der Waals surface area contributed by atoms with Gasteiger partial charge in [-0.15, -0.1) is 0 Å². The summed E-state index contributed by atoms with van der Waals surface area (Å²) in [6.07, 6.45) is -5.84. The van der Waals surface area contributed by atoms with Gasteiger partial charge in [0.2, 0.25) is 5.67 Å². The molecule has 200 valence electrons. The first-order chi connectivity index (χ1) is 17.3. The van der Waals surface area contributed by atoms with Crippen molar-refractivity contribution in [1.82, 2.24) is 0 Å². The normalized spacial score (nSPS) is 14.4. The van der Waals surface area contributed by atoms with Gasteiger partial charge in [-0.05, 0) is 59.5 Å². The monoisotopic (exact) mass is 526 g/mol. The molecule has 0 aliphatic rings. The third-order valence-electron chi connectivity index (χ3n) is 6.77. The molecule has 0 fully saturated rings. The fourth-order valence-electron chi connectivity index (χ4n) is 4.75. The highest BCUT2D eigenvalue weighted by Gasteiger charge is 2.73. The Morgan fingerprint density at radius 3 is 1.30 bits per heavy atom. The van der Waals surface area contributed by atoms with E-state index in [9.17, 15) is 28.5 Å². The van der Waals surface area contributed by atoms with Crippen LogP contribution in [0.2, 0.25) is 0 Å². The molecule has 3 N–H and O–H groups in total. The average Bonchev–Trinajstić information content (AvgIpc) is 2.84. The topological polar surface area (TPSA) is 60.7 Å². The average molecular weight is 527 g/mol. The molecule has 3 nitrogen and oxygen atoms in total. The Morgan fingerprint density at radius 1 is 0.568 bits per heavy atom. The number of phenolic OH excluding ortho intramolecular Hbond substituents is 3. The van der Waals surface area contributed by atoms with E-state index in [-0.39, 0.29) is 29.0 Å². The second-order valence-electron chi connectivity index (χ2n) is 9.23. The van der Waals surface area contributed by atoms with Gasteiger partial charge in [0.15, 0.2) is 0 Å². The Kier molecular flexibility index (Phi) is 8.05. The highest BCUT2D eigenvalue weighted by atomic mass is 19.4. The van der Waals surface area contributed by atoms with E-state index < -0.39 is 40.9 Å². The van der Waals surface area contributed by atoms with Crippen LogP contribution in [0.25, 0.3) is 0 Å². The van der Waals surface area contributed by atoms with Crippen molar-refractivity contribution in [3.05, 3.63) is 89.5 Å². The maximum atomic E-state index is 16.8. The lowest BCUT2D eigenvalue weighted by Gasteiger charge is -2.44. The van der Waals surface area contributed by atoms with Crippen LogP contribution in [0.3, 0.4) is 0 Å². The number of hydrogen-bond acceptors (Lipinski definition) is 3. The van der Waals surface area contributed by atoms with Crippen molar-refractivity contribution in [2.24, 2.45) is 0 Å². The molecule has 1 unspecified atom stereocenters.